The molecule has 0 amide bonds. The Hall–Kier alpha value is -5.67. The van der Waals surface area contributed by atoms with Crippen molar-refractivity contribution in [3.05, 3.63) is 162 Å². The highest BCUT2D eigenvalue weighted by atomic mass is 27.3. The fourth-order valence-corrected chi connectivity index (χ4v) is 8.53. The lowest BCUT2D eigenvalue weighted by Crippen LogP contribution is -2.37. The molecular formula is C50H47AlN2O3. The smallest absolute Gasteiger partial charge is 0.577 e. The summed E-state index contributed by atoms with van der Waals surface area (Å²) in [5, 5.41) is 4.03. The molecule has 0 unspecified atom stereocenters. The van der Waals surface area contributed by atoms with Crippen molar-refractivity contribution >= 4 is 47.7 Å². The van der Waals surface area contributed by atoms with Gasteiger partial charge in [-0.05, 0) is 99.8 Å². The molecule has 56 heavy (non-hydrogen) atoms. The van der Waals surface area contributed by atoms with Gasteiger partial charge in [0.15, 0.2) is 0 Å². The van der Waals surface area contributed by atoms with Crippen LogP contribution >= 0.6 is 0 Å². The average molecular weight is 751 g/mol. The van der Waals surface area contributed by atoms with Crippen LogP contribution in [-0.2, 0) is 10.8 Å². The number of nitrogens with zero attached hydrogens (tertiary/aromatic N) is 2. The van der Waals surface area contributed by atoms with Crippen molar-refractivity contribution in [1.82, 2.24) is 9.97 Å². The minimum atomic E-state index is -3.06. The quantitative estimate of drug-likeness (QED) is 0.145. The van der Waals surface area contributed by atoms with Gasteiger partial charge in [-0.3, -0.25) is 0 Å². The Morgan fingerprint density at radius 2 is 0.911 bits per heavy atom. The summed E-state index contributed by atoms with van der Waals surface area (Å²) < 4.78 is 20.6. The SMILES string of the molecule is Cc1ccc2cccc([O][Al]([O]c3ccc(-c4ccc(C(C)(C)C)cc4)c4cc(-c5ccc(C(C)(C)C)cc5)ccc34)[O]c3cccc4ccc(C)nc34)c2n1. The van der Waals surface area contributed by atoms with Gasteiger partial charge in [-0.25, -0.2) is 9.97 Å². The van der Waals surface area contributed by atoms with E-state index in [2.05, 4.69) is 133 Å². The number of hydrogen-bond acceptors (Lipinski definition) is 5. The fourth-order valence-electron chi connectivity index (χ4n) is 7.18. The van der Waals surface area contributed by atoms with Crippen LogP contribution in [0.4, 0.5) is 0 Å². The van der Waals surface area contributed by atoms with Gasteiger partial charge in [0.05, 0.1) is 5.75 Å². The summed E-state index contributed by atoms with van der Waals surface area (Å²) in [6.07, 6.45) is 0. The molecule has 2 heterocycles. The van der Waals surface area contributed by atoms with Crippen molar-refractivity contribution in [2.45, 2.75) is 66.2 Å². The molecule has 5 nitrogen and oxygen atoms in total. The van der Waals surface area contributed by atoms with Crippen LogP contribution in [0.25, 0.3) is 54.8 Å². The third kappa shape index (κ3) is 7.73. The summed E-state index contributed by atoms with van der Waals surface area (Å²) in [5.41, 5.74) is 10.7. The van der Waals surface area contributed by atoms with E-state index < -0.39 is 15.1 Å². The van der Waals surface area contributed by atoms with Crippen LogP contribution in [-0.4, -0.2) is 25.1 Å². The van der Waals surface area contributed by atoms with Crippen LogP contribution in [0.1, 0.15) is 64.1 Å². The zero-order chi connectivity index (χ0) is 39.2. The van der Waals surface area contributed by atoms with E-state index in [1.807, 2.05) is 62.4 Å². The summed E-state index contributed by atoms with van der Waals surface area (Å²) >= 11 is -3.06. The number of para-hydroxylation sites is 2. The second kappa shape index (κ2) is 14.8. The molecule has 0 saturated heterocycles. The molecule has 0 bridgehead atoms. The molecule has 8 aromatic rings. The molecule has 2 aromatic heterocycles. The van der Waals surface area contributed by atoms with Gasteiger partial charge in [0.25, 0.3) is 0 Å². The van der Waals surface area contributed by atoms with Crippen molar-refractivity contribution in [2.75, 3.05) is 0 Å². The Morgan fingerprint density at radius 3 is 1.43 bits per heavy atom. The number of pyridine rings is 2. The first kappa shape index (κ1) is 37.3. The second-order valence-corrected chi connectivity index (χ2v) is 18.0. The normalized spacial score (nSPS) is 11.9. The molecule has 6 heteroatoms. The van der Waals surface area contributed by atoms with Gasteiger partial charge in [-0.2, -0.15) is 0 Å². The molecule has 0 radical (unpaired) electrons. The van der Waals surface area contributed by atoms with Crippen LogP contribution in [0.5, 0.6) is 17.2 Å². The molecule has 6 aromatic carbocycles. The van der Waals surface area contributed by atoms with E-state index in [0.717, 1.165) is 66.2 Å². The van der Waals surface area contributed by atoms with Gasteiger partial charge in [0, 0.05) is 27.5 Å². The highest BCUT2D eigenvalue weighted by Crippen LogP contribution is 2.39. The van der Waals surface area contributed by atoms with Crippen molar-refractivity contribution in [2.24, 2.45) is 0 Å². The van der Waals surface area contributed by atoms with E-state index in [9.17, 15) is 0 Å². The second-order valence-electron chi connectivity index (χ2n) is 16.7. The third-order valence-electron chi connectivity index (χ3n) is 10.4. The molecule has 0 spiro atoms. The van der Waals surface area contributed by atoms with Crippen LogP contribution in [0.3, 0.4) is 0 Å². The lowest BCUT2D eigenvalue weighted by atomic mass is 9.85. The summed E-state index contributed by atoms with van der Waals surface area (Å²) in [6, 6.07) is 48.8. The minimum absolute atomic E-state index is 0.0565. The van der Waals surface area contributed by atoms with E-state index >= 15 is 0 Å². The fraction of sp³-hybridized carbons (Fsp3) is 0.200. The number of hydrogen-bond donors (Lipinski definition) is 0. The molecule has 0 aliphatic carbocycles. The molecule has 278 valence electrons. The van der Waals surface area contributed by atoms with Gasteiger partial charge < -0.3 is 11.4 Å². The van der Waals surface area contributed by atoms with Gasteiger partial charge in [0.2, 0.25) is 0 Å². The molecule has 0 N–H and O–H groups in total. The van der Waals surface area contributed by atoms with Crippen molar-refractivity contribution < 1.29 is 11.4 Å². The zero-order valence-corrected chi connectivity index (χ0v) is 34.6. The lowest BCUT2D eigenvalue weighted by Gasteiger charge is -2.21. The Bertz CT molecular complexity index is 2620. The summed E-state index contributed by atoms with van der Waals surface area (Å²) in [5.74, 6) is 1.93. The van der Waals surface area contributed by atoms with Crippen molar-refractivity contribution in [1.29, 1.82) is 0 Å². The molecule has 0 aliphatic heterocycles. The first-order valence-electron chi connectivity index (χ1n) is 19.3. The summed E-state index contributed by atoms with van der Waals surface area (Å²) in [4.78, 5) is 9.70. The highest BCUT2D eigenvalue weighted by Gasteiger charge is 2.46. The largest absolute Gasteiger partial charge is 1.20 e. The van der Waals surface area contributed by atoms with E-state index in [0.29, 0.717) is 17.2 Å². The maximum atomic E-state index is 6.99. The molecular weight excluding hydrogens is 704 g/mol. The van der Waals surface area contributed by atoms with Crippen LogP contribution in [0, 0.1) is 13.8 Å². The van der Waals surface area contributed by atoms with Gasteiger partial charge in [-0.15, -0.1) is 0 Å². The van der Waals surface area contributed by atoms with Crippen LogP contribution in [0.2, 0.25) is 0 Å². The van der Waals surface area contributed by atoms with E-state index in [1.165, 1.54) is 11.1 Å². The van der Waals surface area contributed by atoms with E-state index in [4.69, 9.17) is 21.3 Å². The Labute approximate surface area is 335 Å². The van der Waals surface area contributed by atoms with E-state index in [-0.39, 0.29) is 10.8 Å². The first-order chi connectivity index (χ1) is 26.8. The Morgan fingerprint density at radius 1 is 0.429 bits per heavy atom. The van der Waals surface area contributed by atoms with Gasteiger partial charge >= 0.3 is 15.1 Å². The highest BCUT2D eigenvalue weighted by molar-refractivity contribution is 6.40. The molecule has 0 saturated carbocycles. The standard InChI is InChI=1S/C30H32O.2C10H9NO.Al/c1-29(2,3)23-12-7-20(8-13-23)22-11-16-26-27(19-22)25(17-18-28(26)31)21-9-14-24(15-10-21)30(4,5)6;2*1-7-5-6-8-3-2-4-9(12)10(8)11-7;/h7-19,31H,1-6H3;2*2-6,12H,1H3;/q;;;+3/p-3. The number of aromatic nitrogens is 2. The number of aryl methyl sites for hydroxylation is 2. The number of rotatable bonds is 8. The van der Waals surface area contributed by atoms with E-state index in [1.54, 1.807) is 0 Å². The Balaban J connectivity index is 1.26. The van der Waals surface area contributed by atoms with Crippen molar-refractivity contribution in [3.8, 4) is 39.5 Å². The molecule has 0 aliphatic rings. The number of fused-ring (bicyclic) bond motifs is 3. The summed E-state index contributed by atoms with van der Waals surface area (Å²) in [7, 11) is 0. The predicted molar refractivity (Wildman–Crippen MR) is 233 cm³/mol. The minimum Gasteiger partial charge on any atom is -0.577 e. The average Bonchev–Trinajstić information content (AvgIpc) is 3.17. The Kier molecular flexibility index (Phi) is 9.83. The van der Waals surface area contributed by atoms with Crippen LogP contribution < -0.4 is 11.4 Å². The maximum absolute atomic E-state index is 6.99. The summed E-state index contributed by atoms with van der Waals surface area (Å²) in [6.45, 7) is 17.4. The number of benzene rings is 6. The molecule has 0 fully saturated rings. The monoisotopic (exact) mass is 750 g/mol. The topological polar surface area (TPSA) is 53.5 Å². The lowest BCUT2D eigenvalue weighted by molar-refractivity contribution is 0.311. The van der Waals surface area contributed by atoms with Crippen LogP contribution in [0.15, 0.2) is 140 Å². The van der Waals surface area contributed by atoms with Crippen molar-refractivity contribution in [3.63, 3.8) is 0 Å². The molecule has 8 rings (SSSR count). The maximum Gasteiger partial charge on any atom is 1.20 e. The third-order valence-corrected chi connectivity index (χ3v) is 11.8. The molecule has 0 atom stereocenters. The van der Waals surface area contributed by atoms with Gasteiger partial charge in [0.1, 0.15) is 22.5 Å². The van der Waals surface area contributed by atoms with Gasteiger partial charge in [-0.1, -0.05) is 145 Å². The zero-order valence-electron chi connectivity index (χ0n) is 33.5. The predicted octanol–water partition coefficient (Wildman–Crippen LogP) is 13.0. The first-order valence-corrected chi connectivity index (χ1v) is 20.7.